The Labute approximate surface area is 125 Å². The van der Waals surface area contributed by atoms with Crippen molar-refractivity contribution in [1.29, 1.82) is 0 Å². The van der Waals surface area contributed by atoms with Gasteiger partial charge in [-0.1, -0.05) is 29.8 Å². The molecule has 0 amide bonds. The van der Waals surface area contributed by atoms with Gasteiger partial charge >= 0.3 is 0 Å². The van der Waals surface area contributed by atoms with Crippen molar-refractivity contribution in [3.05, 3.63) is 54.1 Å². The van der Waals surface area contributed by atoms with Gasteiger partial charge in [-0.05, 0) is 49.6 Å². The largest absolute Gasteiger partial charge is 0.121 e. The third-order valence-electron chi connectivity index (χ3n) is 2.13. The molecule has 16 heavy (non-hydrogen) atoms. The molecular formula is C11H6Br2Cl2S. The van der Waals surface area contributed by atoms with E-state index in [1.807, 2.05) is 30.3 Å². The fourth-order valence-electron chi connectivity index (χ4n) is 1.37. The van der Waals surface area contributed by atoms with Crippen molar-refractivity contribution in [3.8, 4) is 0 Å². The predicted octanol–water partition coefficient (Wildman–Crippen LogP) is 6.25. The normalized spacial score (nSPS) is 12.8. The van der Waals surface area contributed by atoms with Crippen molar-refractivity contribution < 1.29 is 0 Å². The van der Waals surface area contributed by atoms with Crippen LogP contribution < -0.4 is 0 Å². The molecule has 0 nitrogen and oxygen atoms in total. The van der Waals surface area contributed by atoms with E-state index in [9.17, 15) is 0 Å². The van der Waals surface area contributed by atoms with Crippen molar-refractivity contribution >= 4 is 66.4 Å². The Hall–Kier alpha value is 0.460. The van der Waals surface area contributed by atoms with Gasteiger partial charge in [0.05, 0.1) is 12.9 Å². The highest BCUT2D eigenvalue weighted by molar-refractivity contribution is 9.12. The maximum atomic E-state index is 6.43. The van der Waals surface area contributed by atoms with Crippen molar-refractivity contribution in [2.45, 2.75) is 5.38 Å². The van der Waals surface area contributed by atoms with Crippen LogP contribution in [0.25, 0.3) is 0 Å². The van der Waals surface area contributed by atoms with E-state index >= 15 is 0 Å². The van der Waals surface area contributed by atoms with E-state index in [2.05, 4.69) is 31.9 Å². The Bertz CT molecular complexity index is 510. The first kappa shape index (κ1) is 12.9. The number of rotatable bonds is 2. The molecule has 0 fully saturated rings. The highest BCUT2D eigenvalue weighted by atomic mass is 79.9. The van der Waals surface area contributed by atoms with Crippen LogP contribution in [0, 0.1) is 0 Å². The molecule has 1 aromatic heterocycles. The zero-order valence-corrected chi connectivity index (χ0v) is 13.4. The first-order valence-corrected chi connectivity index (χ1v) is 7.64. The van der Waals surface area contributed by atoms with Gasteiger partial charge in [-0.15, -0.1) is 22.9 Å². The second-order valence-corrected chi connectivity index (χ2v) is 7.76. The summed E-state index contributed by atoms with van der Waals surface area (Å²) in [5.74, 6) is 0. The van der Waals surface area contributed by atoms with Crippen molar-refractivity contribution in [1.82, 2.24) is 0 Å². The molecular weight excluding hydrogens is 395 g/mol. The minimum atomic E-state index is -0.231. The third-order valence-corrected chi connectivity index (χ3v) is 5.33. The highest BCUT2D eigenvalue weighted by Gasteiger charge is 2.18. The Morgan fingerprint density at radius 2 is 1.81 bits per heavy atom. The molecule has 0 N–H and O–H groups in total. The van der Waals surface area contributed by atoms with Crippen LogP contribution >= 0.6 is 66.4 Å². The Morgan fingerprint density at radius 3 is 2.38 bits per heavy atom. The Morgan fingerprint density at radius 1 is 1.12 bits per heavy atom. The first-order chi connectivity index (χ1) is 7.59. The minimum absolute atomic E-state index is 0.231. The number of halogens is 4. The number of hydrogen-bond acceptors (Lipinski definition) is 1. The molecule has 0 aliphatic carbocycles. The SMILES string of the molecule is Clc1ccccc1C(Cl)c1cc(Br)sc1Br. The molecule has 2 aromatic rings. The van der Waals surface area contributed by atoms with E-state index in [1.165, 1.54) is 0 Å². The molecule has 1 heterocycles. The summed E-state index contributed by atoms with van der Waals surface area (Å²) in [5, 5.41) is 0.461. The highest BCUT2D eigenvalue weighted by Crippen LogP contribution is 2.42. The Kier molecular flexibility index (Phi) is 4.36. The van der Waals surface area contributed by atoms with E-state index < -0.39 is 0 Å². The van der Waals surface area contributed by atoms with Gasteiger partial charge in [-0.3, -0.25) is 0 Å². The van der Waals surface area contributed by atoms with Gasteiger partial charge in [-0.25, -0.2) is 0 Å². The maximum Gasteiger partial charge on any atom is 0.0869 e. The van der Waals surface area contributed by atoms with Gasteiger partial charge in [0.15, 0.2) is 0 Å². The number of alkyl halides is 1. The van der Waals surface area contributed by atoms with Crippen LogP contribution in [-0.2, 0) is 0 Å². The summed E-state index contributed by atoms with van der Waals surface area (Å²) in [6.45, 7) is 0. The van der Waals surface area contributed by atoms with Crippen LogP contribution in [0.4, 0.5) is 0 Å². The van der Waals surface area contributed by atoms with E-state index in [1.54, 1.807) is 11.3 Å². The molecule has 0 saturated heterocycles. The van der Waals surface area contributed by atoms with Crippen LogP contribution in [-0.4, -0.2) is 0 Å². The quantitative estimate of drug-likeness (QED) is 0.522. The average molecular weight is 401 g/mol. The third kappa shape index (κ3) is 2.65. The second-order valence-electron chi connectivity index (χ2n) is 3.16. The zero-order valence-electron chi connectivity index (χ0n) is 7.88. The van der Waals surface area contributed by atoms with Crippen molar-refractivity contribution in [2.75, 3.05) is 0 Å². The molecule has 1 aromatic carbocycles. The molecule has 5 heteroatoms. The van der Waals surface area contributed by atoms with Gasteiger partial charge in [0.25, 0.3) is 0 Å². The lowest BCUT2D eigenvalue weighted by Crippen LogP contribution is -1.92. The lowest BCUT2D eigenvalue weighted by Gasteiger charge is -2.10. The summed E-state index contributed by atoms with van der Waals surface area (Å²) < 4.78 is 2.08. The van der Waals surface area contributed by atoms with Crippen molar-refractivity contribution in [2.24, 2.45) is 0 Å². The molecule has 2 rings (SSSR count). The smallest absolute Gasteiger partial charge is 0.0869 e. The van der Waals surface area contributed by atoms with Gasteiger partial charge in [-0.2, -0.15) is 0 Å². The van der Waals surface area contributed by atoms with Gasteiger partial charge in [0, 0.05) is 10.6 Å². The van der Waals surface area contributed by atoms with E-state index in [-0.39, 0.29) is 5.38 Å². The summed E-state index contributed by atoms with van der Waals surface area (Å²) in [6, 6.07) is 9.63. The summed E-state index contributed by atoms with van der Waals surface area (Å²) >= 11 is 21.1. The summed E-state index contributed by atoms with van der Waals surface area (Å²) in [7, 11) is 0. The molecule has 84 valence electrons. The molecule has 1 atom stereocenters. The van der Waals surface area contributed by atoms with Crippen molar-refractivity contribution in [3.63, 3.8) is 0 Å². The van der Waals surface area contributed by atoms with Gasteiger partial charge in [0.1, 0.15) is 0 Å². The predicted molar refractivity (Wildman–Crippen MR) is 78.9 cm³/mol. The van der Waals surface area contributed by atoms with E-state index in [0.29, 0.717) is 5.02 Å². The molecule has 0 spiro atoms. The Balaban J connectivity index is 2.43. The molecule has 1 unspecified atom stereocenters. The summed E-state index contributed by atoms with van der Waals surface area (Å²) in [4.78, 5) is 0. The second kappa shape index (κ2) is 5.40. The molecule has 0 saturated carbocycles. The number of thiophene rings is 1. The molecule has 0 bridgehead atoms. The summed E-state index contributed by atoms with van der Waals surface area (Å²) in [6.07, 6.45) is 0. The summed E-state index contributed by atoms with van der Waals surface area (Å²) in [5.41, 5.74) is 1.96. The van der Waals surface area contributed by atoms with Crippen LogP contribution in [0.2, 0.25) is 5.02 Å². The standard InChI is InChI=1S/C11H6Br2Cl2S/c12-9-5-7(11(13)16-9)10(15)6-3-1-2-4-8(6)14/h1-5,10H. The lowest BCUT2D eigenvalue weighted by atomic mass is 10.1. The zero-order chi connectivity index (χ0) is 11.7. The van der Waals surface area contributed by atoms with Crippen LogP contribution in [0.15, 0.2) is 37.9 Å². The van der Waals surface area contributed by atoms with Gasteiger partial charge < -0.3 is 0 Å². The van der Waals surface area contributed by atoms with Crippen LogP contribution in [0.5, 0.6) is 0 Å². The monoisotopic (exact) mass is 398 g/mol. The topological polar surface area (TPSA) is 0 Å². The van der Waals surface area contributed by atoms with Crippen LogP contribution in [0.3, 0.4) is 0 Å². The molecule has 0 aliphatic rings. The fraction of sp³-hybridized carbons (Fsp3) is 0.0909. The number of hydrogen-bond donors (Lipinski definition) is 0. The van der Waals surface area contributed by atoms with Gasteiger partial charge in [0.2, 0.25) is 0 Å². The lowest BCUT2D eigenvalue weighted by molar-refractivity contribution is 1.15. The number of benzene rings is 1. The molecule has 0 radical (unpaired) electrons. The molecule has 0 aliphatic heterocycles. The van der Waals surface area contributed by atoms with Crippen LogP contribution in [0.1, 0.15) is 16.5 Å². The minimum Gasteiger partial charge on any atom is -0.121 e. The van der Waals surface area contributed by atoms with E-state index in [4.69, 9.17) is 23.2 Å². The average Bonchev–Trinajstić information content (AvgIpc) is 2.58. The first-order valence-electron chi connectivity index (χ1n) is 4.43. The fourth-order valence-corrected chi connectivity index (χ4v) is 5.14. The van der Waals surface area contributed by atoms with E-state index in [0.717, 1.165) is 18.7 Å². The maximum absolute atomic E-state index is 6.43.